The molecule has 3 rings (SSSR count). The molecule has 154 valence electrons. The molecule has 7 heteroatoms. The van der Waals surface area contributed by atoms with Gasteiger partial charge in [-0.15, -0.1) is 11.8 Å². The summed E-state index contributed by atoms with van der Waals surface area (Å²) < 4.78 is 5.53. The van der Waals surface area contributed by atoms with Gasteiger partial charge in [0.1, 0.15) is 0 Å². The molecule has 0 saturated carbocycles. The number of halogens is 1. The molecule has 1 saturated heterocycles. The van der Waals surface area contributed by atoms with Crippen molar-refractivity contribution in [1.29, 1.82) is 0 Å². The van der Waals surface area contributed by atoms with Crippen molar-refractivity contribution < 1.29 is 14.3 Å². The fourth-order valence-electron chi connectivity index (χ4n) is 3.06. The predicted molar refractivity (Wildman–Crippen MR) is 118 cm³/mol. The van der Waals surface area contributed by atoms with Crippen molar-refractivity contribution in [1.82, 2.24) is 5.32 Å². The van der Waals surface area contributed by atoms with E-state index in [0.717, 1.165) is 36.5 Å². The maximum atomic E-state index is 12.5. The monoisotopic (exact) mass is 432 g/mol. The molecule has 1 fully saturated rings. The highest BCUT2D eigenvalue weighted by molar-refractivity contribution is 7.99. The molecule has 0 aromatic heterocycles. The van der Waals surface area contributed by atoms with E-state index >= 15 is 0 Å². The highest BCUT2D eigenvalue weighted by Gasteiger charge is 2.18. The molecule has 0 spiro atoms. The summed E-state index contributed by atoms with van der Waals surface area (Å²) in [5.74, 6) is 0.536. The molecular weight excluding hydrogens is 408 g/mol. The van der Waals surface area contributed by atoms with Gasteiger partial charge >= 0.3 is 0 Å². The number of anilines is 1. The first-order valence-electron chi connectivity index (χ1n) is 9.79. The zero-order valence-corrected chi connectivity index (χ0v) is 17.7. The summed E-state index contributed by atoms with van der Waals surface area (Å²) in [4.78, 5) is 26.0. The number of amides is 2. The predicted octanol–water partition coefficient (Wildman–Crippen LogP) is 4.76. The van der Waals surface area contributed by atoms with Crippen LogP contribution in [0, 0.1) is 0 Å². The molecule has 1 heterocycles. The van der Waals surface area contributed by atoms with Crippen molar-refractivity contribution in [2.24, 2.45) is 0 Å². The second-order valence-electron chi connectivity index (χ2n) is 6.84. The van der Waals surface area contributed by atoms with Gasteiger partial charge < -0.3 is 15.4 Å². The molecule has 0 bridgehead atoms. The Hall–Kier alpha value is -2.02. The summed E-state index contributed by atoms with van der Waals surface area (Å²) in [6, 6.07) is 14.7. The third kappa shape index (κ3) is 7.07. The van der Waals surface area contributed by atoms with E-state index in [4.69, 9.17) is 16.3 Å². The maximum Gasteiger partial charge on any atom is 0.253 e. The number of ether oxygens (including phenoxy) is 1. The van der Waals surface area contributed by atoms with Crippen LogP contribution in [-0.4, -0.2) is 36.8 Å². The highest BCUT2D eigenvalue weighted by Crippen LogP contribution is 2.22. The van der Waals surface area contributed by atoms with E-state index in [-0.39, 0.29) is 17.9 Å². The van der Waals surface area contributed by atoms with Crippen LogP contribution in [0.3, 0.4) is 0 Å². The van der Waals surface area contributed by atoms with Gasteiger partial charge in [-0.25, -0.2) is 0 Å². The number of hydrogen-bond donors (Lipinski definition) is 2. The summed E-state index contributed by atoms with van der Waals surface area (Å²) >= 11 is 7.57. The number of benzene rings is 2. The average molecular weight is 433 g/mol. The first-order chi connectivity index (χ1) is 14.1. The third-order valence-electron chi connectivity index (χ3n) is 4.59. The summed E-state index contributed by atoms with van der Waals surface area (Å²) in [6.07, 6.45) is 3.22. The summed E-state index contributed by atoms with van der Waals surface area (Å²) in [7, 11) is 0. The van der Waals surface area contributed by atoms with E-state index in [1.54, 1.807) is 30.0 Å². The van der Waals surface area contributed by atoms with Crippen molar-refractivity contribution in [2.45, 2.75) is 36.7 Å². The van der Waals surface area contributed by atoms with Crippen LogP contribution < -0.4 is 10.6 Å². The van der Waals surface area contributed by atoms with Crippen LogP contribution in [0.2, 0.25) is 5.02 Å². The lowest BCUT2D eigenvalue weighted by molar-refractivity contribution is -0.116. The Morgan fingerprint density at radius 3 is 2.69 bits per heavy atom. The molecule has 1 aliphatic heterocycles. The van der Waals surface area contributed by atoms with E-state index in [9.17, 15) is 9.59 Å². The minimum atomic E-state index is -0.199. The molecular formula is C22H25ClN2O3S. The minimum absolute atomic E-state index is 0.0823. The van der Waals surface area contributed by atoms with E-state index in [1.807, 2.05) is 30.3 Å². The Morgan fingerprint density at radius 1 is 1.14 bits per heavy atom. The van der Waals surface area contributed by atoms with Crippen LogP contribution >= 0.6 is 23.4 Å². The number of thioether (sulfide) groups is 1. The fraction of sp³-hybridized carbons (Fsp3) is 0.364. The Kier molecular flexibility index (Phi) is 8.40. The lowest BCUT2D eigenvalue weighted by Gasteiger charge is -2.13. The lowest BCUT2D eigenvalue weighted by atomic mass is 10.1. The Morgan fingerprint density at radius 2 is 1.93 bits per heavy atom. The largest absolute Gasteiger partial charge is 0.376 e. The molecule has 29 heavy (non-hydrogen) atoms. The molecule has 1 aliphatic rings. The van der Waals surface area contributed by atoms with Gasteiger partial charge in [-0.05, 0) is 61.4 Å². The third-order valence-corrected chi connectivity index (χ3v) is 5.94. The molecule has 2 N–H and O–H groups in total. The zero-order valence-electron chi connectivity index (χ0n) is 16.2. The quantitative estimate of drug-likeness (QED) is 0.443. The maximum absolute atomic E-state index is 12.5. The average Bonchev–Trinajstić information content (AvgIpc) is 3.25. The molecule has 2 amide bonds. The van der Waals surface area contributed by atoms with E-state index in [0.29, 0.717) is 29.2 Å². The van der Waals surface area contributed by atoms with Crippen molar-refractivity contribution >= 4 is 40.9 Å². The van der Waals surface area contributed by atoms with Crippen LogP contribution in [-0.2, 0) is 9.53 Å². The molecule has 2 aromatic rings. The van der Waals surface area contributed by atoms with Crippen molar-refractivity contribution in [3.8, 4) is 0 Å². The van der Waals surface area contributed by atoms with Gasteiger partial charge in [-0.1, -0.05) is 23.7 Å². The Bertz CT molecular complexity index is 823. The van der Waals surface area contributed by atoms with E-state index in [1.165, 1.54) is 0 Å². The summed E-state index contributed by atoms with van der Waals surface area (Å²) in [5.41, 5.74) is 1.00. The zero-order chi connectivity index (χ0) is 20.5. The van der Waals surface area contributed by atoms with Gasteiger partial charge in [0.05, 0.1) is 17.4 Å². The van der Waals surface area contributed by atoms with Crippen molar-refractivity contribution in [2.75, 3.05) is 24.2 Å². The highest BCUT2D eigenvalue weighted by atomic mass is 35.5. The van der Waals surface area contributed by atoms with E-state index < -0.39 is 0 Å². The standard InChI is InChI=1S/C22H25ClN2O3S/c23-16-9-11-18(12-10-16)29-14-4-8-21(26)25-20-7-2-1-6-19(20)22(27)24-15-17-5-3-13-28-17/h1-2,6-7,9-12,17H,3-5,8,13-15H2,(H,24,27)(H,25,26). The second kappa shape index (κ2) is 11.2. The Balaban J connectivity index is 1.44. The Labute approximate surface area is 180 Å². The van der Waals surface area contributed by atoms with Crippen molar-refractivity contribution in [3.05, 3.63) is 59.1 Å². The van der Waals surface area contributed by atoms with Crippen LogP contribution in [0.15, 0.2) is 53.4 Å². The minimum Gasteiger partial charge on any atom is -0.376 e. The molecule has 1 atom stereocenters. The van der Waals surface area contributed by atoms with E-state index in [2.05, 4.69) is 10.6 Å². The molecule has 1 unspecified atom stereocenters. The van der Waals surface area contributed by atoms with Crippen LogP contribution in [0.4, 0.5) is 5.69 Å². The molecule has 2 aromatic carbocycles. The SMILES string of the molecule is O=C(CCCSc1ccc(Cl)cc1)Nc1ccccc1C(=O)NCC1CCCO1. The summed E-state index contributed by atoms with van der Waals surface area (Å²) in [5, 5.41) is 6.48. The molecule has 0 radical (unpaired) electrons. The first kappa shape index (κ1) is 21.7. The van der Waals surface area contributed by atoms with Gasteiger partial charge in [0.15, 0.2) is 0 Å². The number of nitrogens with one attached hydrogen (secondary N) is 2. The number of carbonyl (C=O) groups is 2. The van der Waals surface area contributed by atoms with Crippen molar-refractivity contribution in [3.63, 3.8) is 0 Å². The number of hydrogen-bond acceptors (Lipinski definition) is 4. The number of para-hydroxylation sites is 1. The van der Waals surface area contributed by atoms with Gasteiger partial charge in [0.25, 0.3) is 5.91 Å². The smallest absolute Gasteiger partial charge is 0.253 e. The van der Waals surface area contributed by atoms with Gasteiger partial charge in [0.2, 0.25) is 5.91 Å². The van der Waals surface area contributed by atoms with Crippen LogP contribution in [0.25, 0.3) is 0 Å². The molecule has 0 aliphatic carbocycles. The second-order valence-corrected chi connectivity index (χ2v) is 8.45. The topological polar surface area (TPSA) is 67.4 Å². The summed E-state index contributed by atoms with van der Waals surface area (Å²) in [6.45, 7) is 1.24. The number of carbonyl (C=O) groups excluding carboxylic acids is 2. The van der Waals surface area contributed by atoms with Crippen LogP contribution in [0.1, 0.15) is 36.0 Å². The number of rotatable bonds is 9. The van der Waals surface area contributed by atoms with Crippen LogP contribution in [0.5, 0.6) is 0 Å². The van der Waals surface area contributed by atoms with Gasteiger partial charge in [-0.2, -0.15) is 0 Å². The lowest BCUT2D eigenvalue weighted by Crippen LogP contribution is -2.32. The van der Waals surface area contributed by atoms with Gasteiger partial charge in [0, 0.05) is 29.5 Å². The van der Waals surface area contributed by atoms with Gasteiger partial charge in [-0.3, -0.25) is 9.59 Å². The fourth-order valence-corrected chi connectivity index (χ4v) is 4.04. The molecule has 5 nitrogen and oxygen atoms in total. The normalized spacial score (nSPS) is 15.8. The first-order valence-corrected chi connectivity index (χ1v) is 11.2.